The monoisotopic (exact) mass is 337 g/mol. The maximum absolute atomic E-state index is 12.3. The summed E-state index contributed by atoms with van der Waals surface area (Å²) in [6.07, 6.45) is 6.80. The summed E-state index contributed by atoms with van der Waals surface area (Å²) in [5, 5.41) is 5.18. The Kier molecular flexibility index (Phi) is 5.27. The second-order valence-corrected chi connectivity index (χ2v) is 5.92. The van der Waals surface area contributed by atoms with Gasteiger partial charge in [-0.05, 0) is 30.7 Å². The highest BCUT2D eigenvalue weighted by atomic mass is 35.5. The van der Waals surface area contributed by atoms with Crippen LogP contribution >= 0.6 is 23.2 Å². The number of likely N-dealkylation sites (N-methyl/N-ethyl adjacent to an activating group) is 1. The van der Waals surface area contributed by atoms with Crippen LogP contribution < -0.4 is 0 Å². The van der Waals surface area contributed by atoms with E-state index >= 15 is 0 Å². The van der Waals surface area contributed by atoms with E-state index in [0.29, 0.717) is 10.0 Å². The zero-order chi connectivity index (χ0) is 16.3. The van der Waals surface area contributed by atoms with Gasteiger partial charge in [0.05, 0.1) is 12.2 Å². The number of benzene rings is 1. The molecule has 1 aromatic heterocycles. The minimum Gasteiger partial charge on any atom is -0.335 e. The van der Waals surface area contributed by atoms with Crippen molar-refractivity contribution in [3.8, 4) is 0 Å². The van der Waals surface area contributed by atoms with Crippen LogP contribution in [0, 0.1) is 0 Å². The highest BCUT2D eigenvalue weighted by Gasteiger charge is 2.18. The fourth-order valence-electron chi connectivity index (χ4n) is 2.05. The quantitative estimate of drug-likeness (QED) is 0.792. The molecule has 4 nitrogen and oxygen atoms in total. The number of carbonyl (C=O) groups is 1. The summed E-state index contributed by atoms with van der Waals surface area (Å²) in [7, 11) is 3.57. The number of hydrogen-bond acceptors (Lipinski definition) is 2. The molecule has 0 saturated carbocycles. The Hall–Kier alpha value is -1.78. The van der Waals surface area contributed by atoms with E-state index in [-0.39, 0.29) is 11.9 Å². The van der Waals surface area contributed by atoms with E-state index in [0.717, 1.165) is 11.1 Å². The van der Waals surface area contributed by atoms with E-state index in [1.807, 2.05) is 26.2 Å². The van der Waals surface area contributed by atoms with Crippen molar-refractivity contribution in [2.24, 2.45) is 7.05 Å². The number of carbonyl (C=O) groups excluding carboxylic acids is 1. The molecule has 0 spiro atoms. The van der Waals surface area contributed by atoms with E-state index in [1.165, 1.54) is 6.08 Å². The average Bonchev–Trinajstić information content (AvgIpc) is 2.89. The predicted molar refractivity (Wildman–Crippen MR) is 89.9 cm³/mol. The van der Waals surface area contributed by atoms with Crippen LogP contribution in [-0.4, -0.2) is 27.6 Å². The number of rotatable bonds is 4. The molecule has 6 heteroatoms. The van der Waals surface area contributed by atoms with E-state index in [2.05, 4.69) is 5.10 Å². The Morgan fingerprint density at radius 1 is 1.41 bits per heavy atom. The van der Waals surface area contributed by atoms with E-state index in [4.69, 9.17) is 23.2 Å². The third kappa shape index (κ3) is 3.90. The van der Waals surface area contributed by atoms with Gasteiger partial charge in [-0.15, -0.1) is 0 Å². The van der Waals surface area contributed by atoms with Crippen molar-refractivity contribution >= 4 is 35.2 Å². The molecule has 1 amide bonds. The molecule has 22 heavy (non-hydrogen) atoms. The van der Waals surface area contributed by atoms with Gasteiger partial charge < -0.3 is 4.90 Å². The minimum absolute atomic E-state index is 0.109. The zero-order valence-electron chi connectivity index (χ0n) is 12.6. The Labute approximate surface area is 139 Å². The number of amides is 1. The summed E-state index contributed by atoms with van der Waals surface area (Å²) in [5.41, 5.74) is 1.73. The van der Waals surface area contributed by atoms with Crippen molar-refractivity contribution in [3.63, 3.8) is 0 Å². The fraction of sp³-hybridized carbons (Fsp3) is 0.250. The Morgan fingerprint density at radius 2 is 2.14 bits per heavy atom. The molecule has 0 aliphatic carbocycles. The van der Waals surface area contributed by atoms with E-state index in [1.54, 1.807) is 41.0 Å². The molecular formula is C16H17Cl2N3O. The molecule has 1 unspecified atom stereocenters. The molecule has 116 valence electrons. The van der Waals surface area contributed by atoms with Gasteiger partial charge in [0, 0.05) is 42.0 Å². The first kappa shape index (κ1) is 16.6. The normalized spacial score (nSPS) is 12.6. The van der Waals surface area contributed by atoms with Crippen molar-refractivity contribution in [2.75, 3.05) is 7.05 Å². The molecule has 0 bridgehead atoms. The van der Waals surface area contributed by atoms with Crippen LogP contribution in [0.5, 0.6) is 0 Å². The number of hydrogen-bond donors (Lipinski definition) is 0. The van der Waals surface area contributed by atoms with Crippen LogP contribution in [0.15, 0.2) is 36.7 Å². The summed E-state index contributed by atoms with van der Waals surface area (Å²) >= 11 is 12.1. The Bertz CT molecular complexity index is 709. The minimum atomic E-state index is -0.157. The van der Waals surface area contributed by atoms with Crippen LogP contribution in [0.3, 0.4) is 0 Å². The molecule has 2 aromatic rings. The average molecular weight is 338 g/mol. The van der Waals surface area contributed by atoms with Gasteiger partial charge in [0.25, 0.3) is 0 Å². The lowest BCUT2D eigenvalue weighted by Gasteiger charge is -2.25. The third-order valence-corrected chi connectivity index (χ3v) is 4.05. The number of aromatic nitrogens is 2. The van der Waals surface area contributed by atoms with Gasteiger partial charge in [-0.25, -0.2) is 0 Å². The van der Waals surface area contributed by atoms with Crippen molar-refractivity contribution < 1.29 is 4.79 Å². The van der Waals surface area contributed by atoms with Gasteiger partial charge in [0.2, 0.25) is 5.91 Å². The summed E-state index contributed by atoms with van der Waals surface area (Å²) in [6, 6.07) is 5.13. The second-order valence-electron chi connectivity index (χ2n) is 5.07. The van der Waals surface area contributed by atoms with E-state index in [9.17, 15) is 4.79 Å². The molecule has 1 atom stereocenters. The van der Waals surface area contributed by atoms with Crippen molar-refractivity contribution in [3.05, 3.63) is 57.8 Å². The predicted octanol–water partition coefficient (Wildman–Crippen LogP) is 3.96. The van der Waals surface area contributed by atoms with Crippen LogP contribution in [0.1, 0.15) is 24.1 Å². The molecule has 0 aliphatic rings. The zero-order valence-corrected chi connectivity index (χ0v) is 14.1. The van der Waals surface area contributed by atoms with E-state index < -0.39 is 0 Å². The molecular weight excluding hydrogens is 321 g/mol. The number of halogens is 2. The molecule has 0 radical (unpaired) electrons. The third-order valence-electron chi connectivity index (χ3n) is 3.48. The first-order chi connectivity index (χ1) is 10.4. The van der Waals surface area contributed by atoms with Crippen molar-refractivity contribution in [1.29, 1.82) is 0 Å². The lowest BCUT2D eigenvalue weighted by atomic mass is 10.1. The van der Waals surface area contributed by atoms with Gasteiger partial charge in [0.15, 0.2) is 0 Å². The largest absolute Gasteiger partial charge is 0.335 e. The fourth-order valence-corrected chi connectivity index (χ4v) is 2.62. The van der Waals surface area contributed by atoms with Crippen LogP contribution in [0.2, 0.25) is 10.0 Å². The van der Waals surface area contributed by atoms with Gasteiger partial charge >= 0.3 is 0 Å². The Morgan fingerprint density at radius 3 is 2.73 bits per heavy atom. The van der Waals surface area contributed by atoms with Crippen LogP contribution in [-0.2, 0) is 11.8 Å². The van der Waals surface area contributed by atoms with Crippen molar-refractivity contribution in [2.45, 2.75) is 13.0 Å². The van der Waals surface area contributed by atoms with Crippen LogP contribution in [0.25, 0.3) is 6.08 Å². The van der Waals surface area contributed by atoms with Gasteiger partial charge in [-0.3, -0.25) is 9.48 Å². The maximum Gasteiger partial charge on any atom is 0.246 e. The number of nitrogens with zero attached hydrogens (tertiary/aromatic N) is 3. The smallest absolute Gasteiger partial charge is 0.246 e. The lowest BCUT2D eigenvalue weighted by molar-refractivity contribution is -0.126. The molecule has 1 heterocycles. The molecule has 0 fully saturated rings. The van der Waals surface area contributed by atoms with Crippen molar-refractivity contribution in [1.82, 2.24) is 14.7 Å². The maximum atomic E-state index is 12.3. The standard InChI is InChI=1S/C16H17Cl2N3O/c1-11(14-6-5-13(17)8-15(14)18)21(3)16(22)7-4-12-9-19-20(2)10-12/h4-11H,1-3H3/b7-4+. The molecule has 2 rings (SSSR count). The second kappa shape index (κ2) is 6.99. The van der Waals surface area contributed by atoms with Gasteiger partial charge in [-0.2, -0.15) is 5.10 Å². The Balaban J connectivity index is 2.10. The summed E-state index contributed by atoms with van der Waals surface area (Å²) in [5.74, 6) is -0.109. The summed E-state index contributed by atoms with van der Waals surface area (Å²) < 4.78 is 1.68. The first-order valence-electron chi connectivity index (χ1n) is 6.77. The molecule has 1 aromatic carbocycles. The highest BCUT2D eigenvalue weighted by Crippen LogP contribution is 2.29. The number of aryl methyl sites for hydroxylation is 1. The van der Waals surface area contributed by atoms with Crippen LogP contribution in [0.4, 0.5) is 0 Å². The highest BCUT2D eigenvalue weighted by molar-refractivity contribution is 6.35. The SMILES string of the molecule is CC(c1ccc(Cl)cc1Cl)N(C)C(=O)/C=C/c1cnn(C)c1. The molecule has 0 N–H and O–H groups in total. The molecule has 0 aliphatic heterocycles. The summed E-state index contributed by atoms with van der Waals surface area (Å²) in [4.78, 5) is 13.9. The summed E-state index contributed by atoms with van der Waals surface area (Å²) in [6.45, 7) is 1.92. The van der Waals surface area contributed by atoms with Gasteiger partial charge in [-0.1, -0.05) is 29.3 Å². The lowest BCUT2D eigenvalue weighted by Crippen LogP contribution is -2.28. The van der Waals surface area contributed by atoms with Gasteiger partial charge in [0.1, 0.15) is 0 Å². The first-order valence-corrected chi connectivity index (χ1v) is 7.52. The molecule has 0 saturated heterocycles. The topological polar surface area (TPSA) is 38.1 Å².